The van der Waals surface area contributed by atoms with Crippen LogP contribution in [0.5, 0.6) is 0 Å². The van der Waals surface area contributed by atoms with Crippen molar-refractivity contribution in [3.63, 3.8) is 0 Å². The molecule has 0 saturated carbocycles. The Morgan fingerprint density at radius 3 is 2.71 bits per heavy atom. The molecule has 7 heteroatoms. The van der Waals surface area contributed by atoms with Crippen molar-refractivity contribution in [3.05, 3.63) is 12.7 Å². The first-order chi connectivity index (χ1) is 8.22. The third kappa shape index (κ3) is 6.62. The molecule has 1 saturated heterocycles. The molecule has 96 valence electrons. The summed E-state index contributed by atoms with van der Waals surface area (Å²) in [6.45, 7) is 6.15. The second-order valence-electron chi connectivity index (χ2n) is 3.31. The second kappa shape index (κ2) is 8.46. The van der Waals surface area contributed by atoms with Gasteiger partial charge in [-0.05, 0) is 6.08 Å². The summed E-state index contributed by atoms with van der Waals surface area (Å²) >= 11 is 6.67. The van der Waals surface area contributed by atoms with E-state index >= 15 is 0 Å². The minimum Gasteiger partial charge on any atom is -0.369 e. The largest absolute Gasteiger partial charge is 0.369 e. The van der Waals surface area contributed by atoms with E-state index in [2.05, 4.69) is 17.2 Å². The molecule has 1 aliphatic heterocycles. The first-order valence-electron chi connectivity index (χ1n) is 5.22. The predicted octanol–water partition coefficient (Wildman–Crippen LogP) is 0.269. The minimum atomic E-state index is -0.181. The zero-order chi connectivity index (χ0) is 12.5. The molecule has 0 unspecified atom stereocenters. The first-order valence-corrected chi connectivity index (χ1v) is 6.51. The van der Waals surface area contributed by atoms with E-state index in [1.54, 1.807) is 0 Å². The fourth-order valence-corrected chi connectivity index (χ4v) is 2.48. The highest BCUT2D eigenvalue weighted by Crippen LogP contribution is 2.15. The van der Waals surface area contributed by atoms with Gasteiger partial charge in [0.05, 0.1) is 18.5 Å². The van der Waals surface area contributed by atoms with Gasteiger partial charge in [-0.15, -0.1) is 0 Å². The normalized spacial score (nSPS) is 16.2. The quantitative estimate of drug-likeness (QED) is 0.427. The van der Waals surface area contributed by atoms with E-state index in [-0.39, 0.29) is 11.2 Å². The third-order valence-corrected chi connectivity index (χ3v) is 3.32. The Hall–Kier alpha value is -0.630. The molecule has 0 aromatic heterocycles. The highest BCUT2D eigenvalue weighted by Gasteiger charge is 2.16. The molecule has 17 heavy (non-hydrogen) atoms. The van der Waals surface area contributed by atoms with Gasteiger partial charge in [-0.1, -0.05) is 30.6 Å². The number of amides is 1. The van der Waals surface area contributed by atoms with Crippen molar-refractivity contribution < 1.29 is 14.3 Å². The van der Waals surface area contributed by atoms with Crippen LogP contribution in [-0.2, 0) is 14.3 Å². The lowest BCUT2D eigenvalue weighted by molar-refractivity contribution is -0.116. The van der Waals surface area contributed by atoms with Crippen LogP contribution in [0, 0.1) is 0 Å². The summed E-state index contributed by atoms with van der Waals surface area (Å²) in [4.78, 5) is 10.8. The highest BCUT2D eigenvalue weighted by molar-refractivity contribution is 8.23. The summed E-state index contributed by atoms with van der Waals surface area (Å²) in [5.74, 6) is -0.181. The first kappa shape index (κ1) is 14.4. The van der Waals surface area contributed by atoms with E-state index in [1.807, 2.05) is 0 Å². The Bertz CT molecular complexity index is 281. The summed E-state index contributed by atoms with van der Waals surface area (Å²) in [5.41, 5.74) is 0. The maximum absolute atomic E-state index is 10.8. The van der Waals surface area contributed by atoms with Gasteiger partial charge in [0.1, 0.15) is 11.1 Å². The zero-order valence-corrected chi connectivity index (χ0v) is 11.1. The Kier molecular flexibility index (Phi) is 7.18. The average Bonchev–Trinajstić information content (AvgIpc) is 2.35. The Morgan fingerprint density at radius 1 is 1.41 bits per heavy atom. The molecule has 2 N–H and O–H groups in total. The van der Waals surface area contributed by atoms with Crippen LogP contribution in [0.15, 0.2) is 12.7 Å². The number of thiocarbonyl (C=S) groups is 1. The van der Waals surface area contributed by atoms with Crippen LogP contribution >= 0.6 is 24.0 Å². The van der Waals surface area contributed by atoms with Gasteiger partial charge in [0, 0.05) is 13.1 Å². The lowest BCUT2D eigenvalue weighted by Crippen LogP contribution is -2.34. The van der Waals surface area contributed by atoms with Crippen LogP contribution in [-0.4, -0.2) is 48.6 Å². The summed E-state index contributed by atoms with van der Waals surface area (Å²) in [5, 5.41) is 5.94. The molecule has 0 atom stereocenters. The molecule has 1 heterocycles. The second-order valence-corrected chi connectivity index (χ2v) is 5.29. The van der Waals surface area contributed by atoms with Gasteiger partial charge in [-0.25, -0.2) is 0 Å². The molecule has 1 aliphatic rings. The Morgan fingerprint density at radius 2 is 2.06 bits per heavy atom. The van der Waals surface area contributed by atoms with Crippen molar-refractivity contribution in [1.29, 1.82) is 0 Å². The lowest BCUT2D eigenvalue weighted by atomic mass is 10.5. The number of thioether (sulfide) groups is 1. The Balaban J connectivity index is 2.04. The molecule has 1 amide bonds. The van der Waals surface area contributed by atoms with E-state index in [1.165, 1.54) is 17.8 Å². The molecular weight excluding hydrogens is 260 g/mol. The molecule has 0 radical (unpaired) electrons. The summed E-state index contributed by atoms with van der Waals surface area (Å²) in [6, 6.07) is 0. The number of ether oxygens (including phenoxy) is 2. The fraction of sp³-hybridized carbons (Fsp3) is 0.600. The van der Waals surface area contributed by atoms with Crippen molar-refractivity contribution in [2.24, 2.45) is 0 Å². The van der Waals surface area contributed by atoms with Crippen molar-refractivity contribution in [2.45, 2.75) is 5.25 Å². The number of hydrogen-bond donors (Lipinski definition) is 2. The summed E-state index contributed by atoms with van der Waals surface area (Å²) in [7, 11) is 0. The monoisotopic (exact) mass is 276 g/mol. The molecule has 1 fully saturated rings. The van der Waals surface area contributed by atoms with E-state index in [4.69, 9.17) is 21.7 Å². The molecule has 1 rings (SSSR count). The van der Waals surface area contributed by atoms with E-state index in [9.17, 15) is 4.79 Å². The summed E-state index contributed by atoms with van der Waals surface area (Å²) < 4.78 is 11.0. The van der Waals surface area contributed by atoms with Crippen LogP contribution in [0.25, 0.3) is 0 Å². The number of rotatable bonds is 5. The summed E-state index contributed by atoms with van der Waals surface area (Å²) in [6.07, 6.45) is 1.24. The van der Waals surface area contributed by atoms with Crippen molar-refractivity contribution >= 4 is 34.2 Å². The lowest BCUT2D eigenvalue weighted by Gasteiger charge is -2.22. The standard InChI is InChI=1S/C10H16N2O3S2/c1-2-9(13)11-3-4-12-10(16)17-8-5-14-7-15-6-8/h2,8H,1,3-7H2,(H,11,13)(H,12,16). The van der Waals surface area contributed by atoms with Crippen LogP contribution in [0.4, 0.5) is 0 Å². The van der Waals surface area contributed by atoms with Gasteiger partial charge >= 0.3 is 0 Å². The van der Waals surface area contributed by atoms with Crippen LogP contribution < -0.4 is 10.6 Å². The van der Waals surface area contributed by atoms with Crippen LogP contribution in [0.1, 0.15) is 0 Å². The van der Waals surface area contributed by atoms with E-state index < -0.39 is 0 Å². The van der Waals surface area contributed by atoms with Gasteiger partial charge in [-0.2, -0.15) is 0 Å². The van der Waals surface area contributed by atoms with E-state index in [0.29, 0.717) is 37.4 Å². The van der Waals surface area contributed by atoms with Gasteiger partial charge < -0.3 is 20.1 Å². The number of hydrogen-bond acceptors (Lipinski definition) is 5. The SMILES string of the molecule is C=CC(=O)NCCNC(=S)SC1COCOC1. The van der Waals surface area contributed by atoms with Crippen LogP contribution in [0.3, 0.4) is 0 Å². The van der Waals surface area contributed by atoms with Gasteiger partial charge in [0.2, 0.25) is 5.91 Å². The van der Waals surface area contributed by atoms with Gasteiger partial charge in [-0.3, -0.25) is 4.79 Å². The topological polar surface area (TPSA) is 59.6 Å². The molecule has 0 spiro atoms. The van der Waals surface area contributed by atoms with E-state index in [0.717, 1.165) is 0 Å². The molecule has 0 aromatic carbocycles. The maximum Gasteiger partial charge on any atom is 0.243 e. The smallest absolute Gasteiger partial charge is 0.243 e. The molecule has 5 nitrogen and oxygen atoms in total. The van der Waals surface area contributed by atoms with Crippen LogP contribution in [0.2, 0.25) is 0 Å². The van der Waals surface area contributed by atoms with Crippen molar-refractivity contribution in [3.8, 4) is 0 Å². The number of nitrogens with one attached hydrogen (secondary N) is 2. The molecule has 0 aromatic rings. The number of carbonyl (C=O) groups is 1. The van der Waals surface area contributed by atoms with Gasteiger partial charge in [0.25, 0.3) is 0 Å². The van der Waals surface area contributed by atoms with Gasteiger partial charge in [0.15, 0.2) is 0 Å². The zero-order valence-electron chi connectivity index (χ0n) is 9.44. The fourth-order valence-electron chi connectivity index (χ4n) is 1.15. The highest BCUT2D eigenvalue weighted by atomic mass is 32.2. The molecule has 0 bridgehead atoms. The van der Waals surface area contributed by atoms with Crippen molar-refractivity contribution in [2.75, 3.05) is 33.1 Å². The molecule has 0 aliphatic carbocycles. The number of carbonyl (C=O) groups excluding carboxylic acids is 1. The maximum atomic E-state index is 10.8. The van der Waals surface area contributed by atoms with Crippen molar-refractivity contribution in [1.82, 2.24) is 10.6 Å². The third-order valence-electron chi connectivity index (χ3n) is 1.93. The molecular formula is C10H16N2O3S2. The predicted molar refractivity (Wildman–Crippen MR) is 72.0 cm³/mol. The minimum absolute atomic E-state index is 0.181. The Labute approximate surface area is 110 Å². The average molecular weight is 276 g/mol.